The SMILES string of the molecule is Cc1ccc2c(CCN)csc2c1. The first-order valence-corrected chi connectivity index (χ1v) is 5.36. The van der Waals surface area contributed by atoms with Crippen LogP contribution < -0.4 is 5.73 Å². The van der Waals surface area contributed by atoms with Crippen LogP contribution in [0.25, 0.3) is 10.1 Å². The number of thiophene rings is 1. The van der Waals surface area contributed by atoms with Crippen LogP contribution in [0.5, 0.6) is 0 Å². The lowest BCUT2D eigenvalue weighted by molar-refractivity contribution is 0.981. The van der Waals surface area contributed by atoms with E-state index in [-0.39, 0.29) is 0 Å². The van der Waals surface area contributed by atoms with Crippen LogP contribution in [0.3, 0.4) is 0 Å². The minimum atomic E-state index is 0.736. The Bertz CT molecular complexity index is 417. The van der Waals surface area contributed by atoms with Crippen LogP contribution in [0, 0.1) is 6.92 Å². The van der Waals surface area contributed by atoms with Gasteiger partial charge in [0.05, 0.1) is 0 Å². The maximum atomic E-state index is 5.55. The third kappa shape index (κ3) is 1.60. The lowest BCUT2D eigenvalue weighted by atomic mass is 10.1. The fourth-order valence-electron chi connectivity index (χ4n) is 1.54. The van der Waals surface area contributed by atoms with Gasteiger partial charge in [-0.3, -0.25) is 0 Å². The number of hydrogen-bond donors (Lipinski definition) is 1. The molecule has 0 spiro atoms. The fourth-order valence-corrected chi connectivity index (χ4v) is 2.63. The largest absolute Gasteiger partial charge is 0.330 e. The van der Waals surface area contributed by atoms with Gasteiger partial charge < -0.3 is 5.73 Å². The molecule has 2 rings (SSSR count). The second kappa shape index (κ2) is 3.48. The third-order valence-corrected chi connectivity index (χ3v) is 3.22. The fraction of sp³-hybridized carbons (Fsp3) is 0.273. The molecule has 0 radical (unpaired) electrons. The van der Waals surface area contributed by atoms with Gasteiger partial charge in [-0.1, -0.05) is 12.1 Å². The normalized spacial score (nSPS) is 10.9. The molecule has 2 N–H and O–H groups in total. The summed E-state index contributed by atoms with van der Waals surface area (Å²) in [4.78, 5) is 0. The van der Waals surface area contributed by atoms with Gasteiger partial charge in [0.1, 0.15) is 0 Å². The molecule has 0 unspecified atom stereocenters. The predicted molar refractivity (Wildman–Crippen MR) is 59.3 cm³/mol. The molecule has 0 fully saturated rings. The zero-order valence-electron chi connectivity index (χ0n) is 7.71. The van der Waals surface area contributed by atoms with E-state index in [1.165, 1.54) is 21.2 Å². The van der Waals surface area contributed by atoms with Crippen LogP contribution in [-0.2, 0) is 6.42 Å². The predicted octanol–water partition coefficient (Wildman–Crippen LogP) is 2.71. The highest BCUT2D eigenvalue weighted by Crippen LogP contribution is 2.26. The van der Waals surface area contributed by atoms with E-state index in [0.29, 0.717) is 0 Å². The van der Waals surface area contributed by atoms with Gasteiger partial charge in [-0.2, -0.15) is 0 Å². The van der Waals surface area contributed by atoms with Crippen molar-refractivity contribution in [2.24, 2.45) is 5.73 Å². The Morgan fingerprint density at radius 1 is 1.38 bits per heavy atom. The Hall–Kier alpha value is -0.860. The van der Waals surface area contributed by atoms with E-state index in [9.17, 15) is 0 Å². The highest BCUT2D eigenvalue weighted by molar-refractivity contribution is 7.17. The van der Waals surface area contributed by atoms with Crippen LogP contribution in [0.15, 0.2) is 23.6 Å². The van der Waals surface area contributed by atoms with Crippen LogP contribution >= 0.6 is 11.3 Å². The summed E-state index contributed by atoms with van der Waals surface area (Å²) in [5.41, 5.74) is 8.26. The lowest BCUT2D eigenvalue weighted by Gasteiger charge is -1.96. The molecule has 1 aromatic heterocycles. The number of nitrogens with two attached hydrogens (primary N) is 1. The summed E-state index contributed by atoms with van der Waals surface area (Å²) in [5.74, 6) is 0. The minimum absolute atomic E-state index is 0.736. The smallest absolute Gasteiger partial charge is 0.0348 e. The van der Waals surface area contributed by atoms with Crippen molar-refractivity contribution in [2.45, 2.75) is 13.3 Å². The van der Waals surface area contributed by atoms with Crippen molar-refractivity contribution in [3.8, 4) is 0 Å². The molecule has 0 saturated carbocycles. The lowest BCUT2D eigenvalue weighted by Crippen LogP contribution is -2.01. The molecular formula is C11H13NS. The van der Waals surface area contributed by atoms with Crippen molar-refractivity contribution >= 4 is 21.4 Å². The molecule has 0 bridgehead atoms. The number of benzene rings is 1. The summed E-state index contributed by atoms with van der Waals surface area (Å²) < 4.78 is 1.38. The van der Waals surface area contributed by atoms with E-state index >= 15 is 0 Å². The van der Waals surface area contributed by atoms with Crippen molar-refractivity contribution < 1.29 is 0 Å². The van der Waals surface area contributed by atoms with E-state index in [1.54, 1.807) is 0 Å². The van der Waals surface area contributed by atoms with E-state index in [4.69, 9.17) is 5.73 Å². The Morgan fingerprint density at radius 3 is 3.00 bits per heavy atom. The highest BCUT2D eigenvalue weighted by Gasteiger charge is 2.02. The quantitative estimate of drug-likeness (QED) is 0.776. The Kier molecular flexibility index (Phi) is 2.34. The first kappa shape index (κ1) is 8.73. The maximum Gasteiger partial charge on any atom is 0.0348 e. The van der Waals surface area contributed by atoms with Crippen molar-refractivity contribution in [3.63, 3.8) is 0 Å². The summed E-state index contributed by atoms with van der Waals surface area (Å²) in [6.45, 7) is 2.86. The molecule has 0 aliphatic carbocycles. The highest BCUT2D eigenvalue weighted by atomic mass is 32.1. The summed E-state index contributed by atoms with van der Waals surface area (Å²) in [7, 11) is 0. The van der Waals surface area contributed by atoms with Crippen LogP contribution in [0.2, 0.25) is 0 Å². The van der Waals surface area contributed by atoms with Crippen molar-refractivity contribution in [1.29, 1.82) is 0 Å². The molecule has 0 aliphatic heterocycles. The third-order valence-electron chi connectivity index (χ3n) is 2.22. The maximum absolute atomic E-state index is 5.55. The van der Waals surface area contributed by atoms with E-state index in [2.05, 4.69) is 30.5 Å². The second-order valence-corrected chi connectivity index (χ2v) is 4.21. The first-order chi connectivity index (χ1) is 6.31. The van der Waals surface area contributed by atoms with Crippen LogP contribution in [-0.4, -0.2) is 6.54 Å². The Balaban J connectivity index is 2.55. The molecule has 0 atom stereocenters. The van der Waals surface area contributed by atoms with Crippen molar-refractivity contribution in [3.05, 3.63) is 34.7 Å². The molecule has 0 saturated heterocycles. The van der Waals surface area contributed by atoms with E-state index in [0.717, 1.165) is 13.0 Å². The average Bonchev–Trinajstić information content (AvgIpc) is 2.49. The standard InChI is InChI=1S/C11H13NS/c1-8-2-3-10-9(4-5-12)7-13-11(10)6-8/h2-3,6-7H,4-5,12H2,1H3. The van der Waals surface area contributed by atoms with Gasteiger partial charge >= 0.3 is 0 Å². The summed E-state index contributed by atoms with van der Waals surface area (Å²) >= 11 is 1.81. The van der Waals surface area contributed by atoms with Gasteiger partial charge in [0, 0.05) is 4.70 Å². The minimum Gasteiger partial charge on any atom is -0.330 e. The Morgan fingerprint density at radius 2 is 2.23 bits per heavy atom. The van der Waals surface area contributed by atoms with Crippen molar-refractivity contribution in [2.75, 3.05) is 6.54 Å². The van der Waals surface area contributed by atoms with Crippen LogP contribution in [0.4, 0.5) is 0 Å². The molecule has 0 aliphatic rings. The summed E-state index contributed by atoms with van der Waals surface area (Å²) in [5, 5.41) is 3.60. The average molecular weight is 191 g/mol. The number of fused-ring (bicyclic) bond motifs is 1. The molecule has 2 heteroatoms. The van der Waals surface area contributed by atoms with Gasteiger partial charge in [0.15, 0.2) is 0 Å². The van der Waals surface area contributed by atoms with E-state index in [1.807, 2.05) is 11.3 Å². The second-order valence-electron chi connectivity index (χ2n) is 3.30. The molecular weight excluding hydrogens is 178 g/mol. The van der Waals surface area contributed by atoms with Crippen molar-refractivity contribution in [1.82, 2.24) is 0 Å². The summed E-state index contributed by atoms with van der Waals surface area (Å²) in [6, 6.07) is 6.60. The first-order valence-electron chi connectivity index (χ1n) is 4.48. The van der Waals surface area contributed by atoms with Gasteiger partial charge in [-0.15, -0.1) is 11.3 Å². The molecule has 13 heavy (non-hydrogen) atoms. The zero-order valence-corrected chi connectivity index (χ0v) is 8.53. The van der Waals surface area contributed by atoms with Gasteiger partial charge in [-0.05, 0) is 47.8 Å². The molecule has 2 aromatic rings. The van der Waals surface area contributed by atoms with E-state index < -0.39 is 0 Å². The molecule has 68 valence electrons. The topological polar surface area (TPSA) is 26.0 Å². The number of rotatable bonds is 2. The summed E-state index contributed by atoms with van der Waals surface area (Å²) in [6.07, 6.45) is 0.989. The zero-order chi connectivity index (χ0) is 9.26. The molecule has 1 nitrogen and oxygen atoms in total. The Labute approximate surface area is 82.2 Å². The monoisotopic (exact) mass is 191 g/mol. The number of aryl methyl sites for hydroxylation is 1. The molecule has 1 aromatic carbocycles. The molecule has 1 heterocycles. The molecule has 0 amide bonds. The van der Waals surface area contributed by atoms with Crippen LogP contribution in [0.1, 0.15) is 11.1 Å². The number of hydrogen-bond acceptors (Lipinski definition) is 2. The van der Waals surface area contributed by atoms with Gasteiger partial charge in [0.2, 0.25) is 0 Å². The van der Waals surface area contributed by atoms with Gasteiger partial charge in [-0.25, -0.2) is 0 Å². The van der Waals surface area contributed by atoms with Gasteiger partial charge in [0.25, 0.3) is 0 Å².